The number of anilines is 1. The third kappa shape index (κ3) is 6.44. The summed E-state index contributed by atoms with van der Waals surface area (Å²) >= 11 is 5.98. The number of carbonyl (C=O) groups excluding carboxylic acids is 1. The second kappa shape index (κ2) is 11.3. The fourth-order valence-corrected chi connectivity index (χ4v) is 4.17. The largest absolute Gasteiger partial charge is 0.416 e. The first kappa shape index (κ1) is 25.4. The van der Waals surface area contributed by atoms with Crippen molar-refractivity contribution < 1.29 is 18.0 Å². The molecule has 10 heteroatoms. The molecule has 0 saturated heterocycles. The van der Waals surface area contributed by atoms with E-state index in [1.165, 1.54) is 6.20 Å². The van der Waals surface area contributed by atoms with E-state index in [-0.39, 0.29) is 16.6 Å². The molecule has 6 nitrogen and oxygen atoms in total. The van der Waals surface area contributed by atoms with Crippen molar-refractivity contribution in [3.05, 3.63) is 77.1 Å². The molecule has 1 aromatic carbocycles. The third-order valence-electron chi connectivity index (χ3n) is 5.84. The smallest absolute Gasteiger partial charge is 0.405 e. The van der Waals surface area contributed by atoms with Crippen molar-refractivity contribution >= 4 is 28.9 Å². The van der Waals surface area contributed by atoms with Crippen molar-refractivity contribution in [2.45, 2.75) is 37.9 Å². The minimum Gasteiger partial charge on any atom is -0.405 e. The molecule has 0 unspecified atom stereocenters. The van der Waals surface area contributed by atoms with Crippen LogP contribution in [0.5, 0.6) is 0 Å². The van der Waals surface area contributed by atoms with E-state index in [1.54, 1.807) is 18.3 Å². The number of H-pyrrole nitrogens is 1. The number of aromatic amines is 1. The highest BCUT2D eigenvalue weighted by Gasteiger charge is 2.32. The maximum Gasteiger partial charge on any atom is 0.416 e. The van der Waals surface area contributed by atoms with Gasteiger partial charge in [-0.3, -0.25) is 9.89 Å². The number of nitrogens with two attached hydrogens (primary N) is 1. The summed E-state index contributed by atoms with van der Waals surface area (Å²) in [4.78, 5) is 12.6. The summed E-state index contributed by atoms with van der Waals surface area (Å²) in [5, 5.41) is 13.3. The van der Waals surface area contributed by atoms with Gasteiger partial charge in [0.15, 0.2) is 0 Å². The number of halogens is 4. The SMILES string of the molecule is C=C/C(=C\C=C/N)c1cn[nH]c1NC[C@H]1CC[C@H](NC(=O)c2cc(C(F)(F)F)ccc2Cl)CC1. The molecule has 0 aliphatic heterocycles. The molecular formula is C24H27ClF3N5O. The molecule has 1 aromatic heterocycles. The van der Waals surface area contributed by atoms with E-state index in [4.69, 9.17) is 17.3 Å². The van der Waals surface area contributed by atoms with Gasteiger partial charge in [-0.1, -0.05) is 30.3 Å². The first-order valence-corrected chi connectivity index (χ1v) is 11.3. The van der Waals surface area contributed by atoms with E-state index >= 15 is 0 Å². The van der Waals surface area contributed by atoms with Crippen LogP contribution >= 0.6 is 11.6 Å². The van der Waals surface area contributed by atoms with Gasteiger partial charge in [0.1, 0.15) is 5.82 Å². The topological polar surface area (TPSA) is 95.8 Å². The van der Waals surface area contributed by atoms with E-state index in [0.717, 1.165) is 60.8 Å². The summed E-state index contributed by atoms with van der Waals surface area (Å²) in [5.74, 6) is 0.572. The minimum atomic E-state index is -4.54. The summed E-state index contributed by atoms with van der Waals surface area (Å²) in [5.41, 5.74) is 6.10. The first-order valence-electron chi connectivity index (χ1n) is 10.9. The van der Waals surface area contributed by atoms with Gasteiger partial charge in [0.25, 0.3) is 5.91 Å². The van der Waals surface area contributed by atoms with Gasteiger partial charge in [0.05, 0.1) is 22.3 Å². The Kier molecular flexibility index (Phi) is 8.44. The molecule has 1 amide bonds. The minimum absolute atomic E-state index is 0.00589. The lowest BCUT2D eigenvalue weighted by Crippen LogP contribution is -2.38. The molecule has 5 N–H and O–H groups in total. The maximum absolute atomic E-state index is 13.0. The predicted molar refractivity (Wildman–Crippen MR) is 128 cm³/mol. The molecule has 0 spiro atoms. The second-order valence-corrected chi connectivity index (χ2v) is 8.54. The van der Waals surface area contributed by atoms with Crippen LogP contribution in [0.1, 0.15) is 47.2 Å². The first-order chi connectivity index (χ1) is 16.2. The number of nitrogens with zero attached hydrogens (tertiary/aromatic N) is 1. The van der Waals surface area contributed by atoms with Gasteiger partial charge in [0.2, 0.25) is 0 Å². The lowest BCUT2D eigenvalue weighted by Gasteiger charge is -2.29. The zero-order chi connectivity index (χ0) is 24.7. The van der Waals surface area contributed by atoms with Gasteiger partial charge in [-0.05, 0) is 67.6 Å². The number of nitrogens with one attached hydrogen (secondary N) is 3. The number of hydrogen-bond acceptors (Lipinski definition) is 4. The lowest BCUT2D eigenvalue weighted by atomic mass is 9.86. The number of hydrogen-bond donors (Lipinski definition) is 4. The summed E-state index contributed by atoms with van der Waals surface area (Å²) in [6.07, 6.45) is 7.07. The number of alkyl halides is 3. The van der Waals surface area contributed by atoms with Gasteiger partial charge in [0, 0.05) is 18.2 Å². The Morgan fingerprint density at radius 1 is 1.26 bits per heavy atom. The highest BCUT2D eigenvalue weighted by Crippen LogP contribution is 2.32. The van der Waals surface area contributed by atoms with Crippen molar-refractivity contribution in [1.82, 2.24) is 15.5 Å². The average Bonchev–Trinajstić information content (AvgIpc) is 3.27. The lowest BCUT2D eigenvalue weighted by molar-refractivity contribution is -0.137. The third-order valence-corrected chi connectivity index (χ3v) is 6.17. The van der Waals surface area contributed by atoms with Gasteiger partial charge >= 0.3 is 6.18 Å². The zero-order valence-electron chi connectivity index (χ0n) is 18.5. The molecule has 1 aliphatic rings. The van der Waals surface area contributed by atoms with Crippen LogP contribution in [0.3, 0.4) is 0 Å². The van der Waals surface area contributed by atoms with Gasteiger partial charge in [-0.2, -0.15) is 18.3 Å². The van der Waals surface area contributed by atoms with Crippen LogP contribution in [0.15, 0.2) is 55.4 Å². The Morgan fingerprint density at radius 2 is 2.00 bits per heavy atom. The van der Waals surface area contributed by atoms with Crippen molar-refractivity contribution in [2.24, 2.45) is 11.7 Å². The molecule has 3 rings (SSSR count). The van der Waals surface area contributed by atoms with Crippen molar-refractivity contribution in [3.8, 4) is 0 Å². The summed E-state index contributed by atoms with van der Waals surface area (Å²) < 4.78 is 38.9. The molecule has 2 aromatic rings. The molecule has 1 fully saturated rings. The number of carbonyl (C=O) groups is 1. The predicted octanol–water partition coefficient (Wildman–Crippen LogP) is 5.52. The van der Waals surface area contributed by atoms with Crippen LogP contribution in [-0.2, 0) is 6.18 Å². The molecule has 1 saturated carbocycles. The monoisotopic (exact) mass is 493 g/mol. The van der Waals surface area contributed by atoms with Crippen molar-refractivity contribution in [2.75, 3.05) is 11.9 Å². The van der Waals surface area contributed by atoms with Gasteiger partial charge in [-0.15, -0.1) is 0 Å². The van der Waals surface area contributed by atoms with E-state index in [2.05, 4.69) is 27.4 Å². The quantitative estimate of drug-likeness (QED) is 0.364. The highest BCUT2D eigenvalue weighted by atomic mass is 35.5. The fourth-order valence-electron chi connectivity index (χ4n) is 3.96. The number of rotatable bonds is 8. The highest BCUT2D eigenvalue weighted by molar-refractivity contribution is 6.33. The molecule has 0 bridgehead atoms. The maximum atomic E-state index is 13.0. The van der Waals surface area contributed by atoms with Crippen LogP contribution in [0.25, 0.3) is 5.57 Å². The molecule has 0 atom stereocenters. The average molecular weight is 494 g/mol. The van der Waals surface area contributed by atoms with E-state index < -0.39 is 17.6 Å². The van der Waals surface area contributed by atoms with Crippen LogP contribution in [-0.4, -0.2) is 28.7 Å². The Hall–Kier alpha value is -3.20. The Labute approximate surface area is 201 Å². The van der Waals surface area contributed by atoms with Crippen LogP contribution in [0, 0.1) is 5.92 Å². The molecule has 1 heterocycles. The molecule has 34 heavy (non-hydrogen) atoms. The van der Waals surface area contributed by atoms with Crippen LogP contribution in [0.2, 0.25) is 5.02 Å². The standard InChI is InChI=1S/C24H27ClF3N5O/c1-2-16(4-3-11-29)20-14-31-33-22(20)30-13-15-5-8-18(9-6-15)32-23(34)19-12-17(24(26,27)28)7-10-21(19)25/h2-4,7,10-12,14-15,18H,1,5-6,8-9,13,29H2,(H,32,34)(H2,30,31,33)/b11-3-,16-4+/t15-,18-. The Morgan fingerprint density at radius 3 is 2.65 bits per heavy atom. The fraction of sp³-hybridized carbons (Fsp3) is 0.333. The summed E-state index contributed by atoms with van der Waals surface area (Å²) in [6, 6.07) is 2.65. The van der Waals surface area contributed by atoms with Crippen LogP contribution in [0.4, 0.5) is 19.0 Å². The van der Waals surface area contributed by atoms with E-state index in [0.29, 0.717) is 12.5 Å². The summed E-state index contributed by atoms with van der Waals surface area (Å²) in [6.45, 7) is 4.54. The Balaban J connectivity index is 1.53. The molecule has 0 radical (unpaired) electrons. The normalized spacial score (nSPS) is 19.2. The van der Waals surface area contributed by atoms with E-state index in [1.807, 2.05) is 6.08 Å². The number of benzene rings is 1. The van der Waals surface area contributed by atoms with Crippen LogP contribution < -0.4 is 16.4 Å². The Bertz CT molecular complexity index is 1070. The number of allylic oxidation sites excluding steroid dienone is 4. The van der Waals surface area contributed by atoms with Crippen molar-refractivity contribution in [1.29, 1.82) is 0 Å². The molecule has 1 aliphatic carbocycles. The summed E-state index contributed by atoms with van der Waals surface area (Å²) in [7, 11) is 0. The van der Waals surface area contributed by atoms with Crippen molar-refractivity contribution in [3.63, 3.8) is 0 Å². The molecule has 182 valence electrons. The van der Waals surface area contributed by atoms with Gasteiger partial charge in [-0.25, -0.2) is 0 Å². The number of aromatic nitrogens is 2. The van der Waals surface area contributed by atoms with Gasteiger partial charge < -0.3 is 16.4 Å². The molecular weight excluding hydrogens is 467 g/mol. The zero-order valence-corrected chi connectivity index (χ0v) is 19.2. The number of amides is 1. The second-order valence-electron chi connectivity index (χ2n) is 8.13. The van der Waals surface area contributed by atoms with E-state index in [9.17, 15) is 18.0 Å².